The summed E-state index contributed by atoms with van der Waals surface area (Å²) < 4.78 is 0. The van der Waals surface area contributed by atoms with E-state index in [1.165, 1.54) is 12.1 Å². The van der Waals surface area contributed by atoms with Crippen molar-refractivity contribution in [3.8, 4) is 11.5 Å². The molecule has 0 aliphatic heterocycles. The molecule has 1 aliphatic rings. The van der Waals surface area contributed by atoms with Gasteiger partial charge in [0.05, 0.1) is 5.56 Å². The van der Waals surface area contributed by atoms with Gasteiger partial charge in [-0.05, 0) is 31.9 Å². The fourth-order valence-corrected chi connectivity index (χ4v) is 1.81. The van der Waals surface area contributed by atoms with Crippen LogP contribution in [0.5, 0.6) is 11.5 Å². The third-order valence-electron chi connectivity index (χ3n) is 2.83. The smallest absolute Gasteiger partial charge is 0.257 e. The van der Waals surface area contributed by atoms with Gasteiger partial charge in [-0.3, -0.25) is 4.79 Å². The zero-order chi connectivity index (χ0) is 11.7. The maximum absolute atomic E-state index is 12.1. The second-order valence-corrected chi connectivity index (χ2v) is 4.00. The van der Waals surface area contributed by atoms with Gasteiger partial charge in [0.1, 0.15) is 0 Å². The van der Waals surface area contributed by atoms with E-state index in [1.807, 2.05) is 6.92 Å². The Kier molecular flexibility index (Phi) is 2.73. The summed E-state index contributed by atoms with van der Waals surface area (Å²) in [5.41, 5.74) is 0.175. The average molecular weight is 221 g/mol. The molecule has 0 unspecified atom stereocenters. The Labute approximate surface area is 94.1 Å². The van der Waals surface area contributed by atoms with Crippen LogP contribution < -0.4 is 0 Å². The zero-order valence-electron chi connectivity index (χ0n) is 9.18. The number of nitrogens with zero attached hydrogens (tertiary/aromatic N) is 1. The summed E-state index contributed by atoms with van der Waals surface area (Å²) in [5.74, 6) is -0.789. The van der Waals surface area contributed by atoms with Crippen molar-refractivity contribution in [2.75, 3.05) is 6.54 Å². The summed E-state index contributed by atoms with van der Waals surface area (Å²) in [7, 11) is 0. The van der Waals surface area contributed by atoms with Crippen LogP contribution in [-0.2, 0) is 0 Å². The average Bonchev–Trinajstić information content (AvgIpc) is 3.07. The molecule has 0 radical (unpaired) electrons. The Morgan fingerprint density at radius 3 is 2.69 bits per heavy atom. The van der Waals surface area contributed by atoms with E-state index in [2.05, 4.69) is 0 Å². The van der Waals surface area contributed by atoms with Gasteiger partial charge in [-0.25, -0.2) is 0 Å². The molecule has 16 heavy (non-hydrogen) atoms. The van der Waals surface area contributed by atoms with Crippen LogP contribution in [0.25, 0.3) is 0 Å². The van der Waals surface area contributed by atoms with E-state index in [-0.39, 0.29) is 23.0 Å². The lowest BCUT2D eigenvalue weighted by atomic mass is 10.1. The van der Waals surface area contributed by atoms with Gasteiger partial charge in [0.25, 0.3) is 5.91 Å². The van der Waals surface area contributed by atoms with Gasteiger partial charge in [-0.1, -0.05) is 6.07 Å². The van der Waals surface area contributed by atoms with Crippen molar-refractivity contribution in [3.63, 3.8) is 0 Å². The topological polar surface area (TPSA) is 60.8 Å². The van der Waals surface area contributed by atoms with E-state index in [1.54, 1.807) is 11.0 Å². The molecule has 1 aromatic rings. The number of rotatable bonds is 3. The molecule has 1 amide bonds. The van der Waals surface area contributed by atoms with Crippen molar-refractivity contribution < 1.29 is 15.0 Å². The molecule has 4 heteroatoms. The standard InChI is InChI=1S/C12H15NO3/c1-2-13(8-6-7-8)12(16)9-4-3-5-10(14)11(9)15/h3-5,8,14-15H,2,6-7H2,1H3. The van der Waals surface area contributed by atoms with Gasteiger partial charge in [0.15, 0.2) is 11.5 Å². The number of amides is 1. The largest absolute Gasteiger partial charge is 0.504 e. The fraction of sp³-hybridized carbons (Fsp3) is 0.417. The first-order valence-electron chi connectivity index (χ1n) is 5.47. The highest BCUT2D eigenvalue weighted by atomic mass is 16.3. The van der Waals surface area contributed by atoms with Crippen LogP contribution in [0.15, 0.2) is 18.2 Å². The van der Waals surface area contributed by atoms with Gasteiger partial charge in [0.2, 0.25) is 0 Å². The van der Waals surface area contributed by atoms with Crippen molar-refractivity contribution in [3.05, 3.63) is 23.8 Å². The predicted molar refractivity (Wildman–Crippen MR) is 59.5 cm³/mol. The minimum atomic E-state index is -0.327. The molecule has 1 aromatic carbocycles. The molecule has 0 heterocycles. The number of benzene rings is 1. The molecule has 2 rings (SSSR count). The Morgan fingerprint density at radius 2 is 2.12 bits per heavy atom. The summed E-state index contributed by atoms with van der Waals surface area (Å²) in [4.78, 5) is 13.8. The van der Waals surface area contributed by atoms with Gasteiger partial charge < -0.3 is 15.1 Å². The second kappa shape index (κ2) is 4.04. The van der Waals surface area contributed by atoms with E-state index < -0.39 is 0 Å². The Balaban J connectivity index is 2.28. The normalized spacial score (nSPS) is 14.8. The Morgan fingerprint density at radius 1 is 1.44 bits per heavy atom. The first-order chi connectivity index (χ1) is 7.65. The van der Waals surface area contributed by atoms with Gasteiger partial charge in [0, 0.05) is 12.6 Å². The molecule has 1 aliphatic carbocycles. The summed E-state index contributed by atoms with van der Waals surface area (Å²) in [6, 6.07) is 4.75. The lowest BCUT2D eigenvalue weighted by Gasteiger charge is -2.20. The van der Waals surface area contributed by atoms with Crippen molar-refractivity contribution in [1.29, 1.82) is 0 Å². The number of phenolic OH excluding ortho intramolecular Hbond substituents is 2. The molecule has 0 aromatic heterocycles. The summed E-state index contributed by atoms with van der Waals surface area (Å²) in [5, 5.41) is 19.0. The summed E-state index contributed by atoms with van der Waals surface area (Å²) >= 11 is 0. The van der Waals surface area contributed by atoms with Gasteiger partial charge in [-0.2, -0.15) is 0 Å². The molecule has 0 bridgehead atoms. The number of phenols is 2. The first-order valence-corrected chi connectivity index (χ1v) is 5.47. The molecule has 0 saturated heterocycles. The Bertz CT molecular complexity index is 413. The van der Waals surface area contributed by atoms with Crippen LogP contribution in [0.4, 0.5) is 0 Å². The highest BCUT2D eigenvalue weighted by molar-refractivity contribution is 5.97. The highest BCUT2D eigenvalue weighted by Crippen LogP contribution is 2.33. The van der Waals surface area contributed by atoms with E-state index >= 15 is 0 Å². The van der Waals surface area contributed by atoms with E-state index in [0.717, 1.165) is 12.8 Å². The molecule has 1 saturated carbocycles. The van der Waals surface area contributed by atoms with E-state index in [9.17, 15) is 15.0 Å². The minimum Gasteiger partial charge on any atom is -0.504 e. The minimum absolute atomic E-state index is 0.175. The van der Waals surface area contributed by atoms with Crippen LogP contribution in [0.2, 0.25) is 0 Å². The van der Waals surface area contributed by atoms with Crippen molar-refractivity contribution in [1.82, 2.24) is 4.90 Å². The van der Waals surface area contributed by atoms with Gasteiger partial charge >= 0.3 is 0 Å². The monoisotopic (exact) mass is 221 g/mol. The predicted octanol–water partition coefficient (Wildman–Crippen LogP) is 1.72. The number of hydrogen-bond donors (Lipinski definition) is 2. The van der Waals surface area contributed by atoms with Gasteiger partial charge in [-0.15, -0.1) is 0 Å². The number of carbonyl (C=O) groups is 1. The molecular formula is C12H15NO3. The second-order valence-electron chi connectivity index (χ2n) is 4.00. The fourth-order valence-electron chi connectivity index (χ4n) is 1.81. The summed E-state index contributed by atoms with van der Waals surface area (Å²) in [6.45, 7) is 2.54. The number of para-hydroxylation sites is 1. The number of aromatic hydroxyl groups is 2. The zero-order valence-corrected chi connectivity index (χ0v) is 9.18. The lowest BCUT2D eigenvalue weighted by molar-refractivity contribution is 0.0749. The SMILES string of the molecule is CCN(C(=O)c1cccc(O)c1O)C1CC1. The third kappa shape index (κ3) is 1.83. The molecule has 4 nitrogen and oxygen atoms in total. The maximum Gasteiger partial charge on any atom is 0.257 e. The molecule has 86 valence electrons. The first kappa shape index (κ1) is 10.8. The van der Waals surface area contributed by atoms with E-state index in [0.29, 0.717) is 12.6 Å². The van der Waals surface area contributed by atoms with Crippen LogP contribution >= 0.6 is 0 Å². The molecular weight excluding hydrogens is 206 g/mol. The molecule has 0 atom stereocenters. The Hall–Kier alpha value is -1.71. The van der Waals surface area contributed by atoms with Crippen LogP contribution in [0.1, 0.15) is 30.1 Å². The number of hydrogen-bond acceptors (Lipinski definition) is 3. The van der Waals surface area contributed by atoms with Crippen molar-refractivity contribution >= 4 is 5.91 Å². The molecule has 2 N–H and O–H groups in total. The third-order valence-corrected chi connectivity index (χ3v) is 2.83. The summed E-state index contributed by atoms with van der Waals surface area (Å²) in [6.07, 6.45) is 2.05. The van der Waals surface area contributed by atoms with Crippen LogP contribution in [0.3, 0.4) is 0 Å². The number of carbonyl (C=O) groups excluding carboxylic acids is 1. The maximum atomic E-state index is 12.1. The van der Waals surface area contributed by atoms with Crippen molar-refractivity contribution in [2.45, 2.75) is 25.8 Å². The molecule has 0 spiro atoms. The highest BCUT2D eigenvalue weighted by Gasteiger charge is 2.33. The lowest BCUT2D eigenvalue weighted by Crippen LogP contribution is -2.32. The van der Waals surface area contributed by atoms with E-state index in [4.69, 9.17) is 0 Å². The van der Waals surface area contributed by atoms with Crippen LogP contribution in [-0.4, -0.2) is 33.6 Å². The quantitative estimate of drug-likeness (QED) is 0.764. The van der Waals surface area contributed by atoms with Crippen molar-refractivity contribution in [2.24, 2.45) is 0 Å². The van der Waals surface area contributed by atoms with Crippen LogP contribution in [0, 0.1) is 0 Å². The molecule has 1 fully saturated rings.